The average molecular weight is 578 g/mol. The van der Waals surface area contributed by atoms with E-state index in [1.54, 1.807) is 48.5 Å². The Balaban J connectivity index is 1.42. The lowest BCUT2D eigenvalue weighted by molar-refractivity contribution is -0.384. The van der Waals surface area contributed by atoms with Gasteiger partial charge in [0.05, 0.1) is 16.7 Å². The van der Waals surface area contributed by atoms with Crippen LogP contribution in [0.2, 0.25) is 0 Å². The molecule has 0 heterocycles. The van der Waals surface area contributed by atoms with Crippen LogP contribution in [0.4, 0.5) is 11.4 Å². The Hall–Kier alpha value is -6.10. The molecule has 11 nitrogen and oxygen atoms in total. The van der Waals surface area contributed by atoms with Crippen molar-refractivity contribution >= 4 is 41.4 Å². The molecule has 0 aliphatic carbocycles. The minimum atomic E-state index is -0.670. The van der Waals surface area contributed by atoms with E-state index in [2.05, 4.69) is 15.8 Å². The van der Waals surface area contributed by atoms with Crippen molar-refractivity contribution in [2.45, 2.75) is 0 Å². The van der Waals surface area contributed by atoms with Crippen molar-refractivity contribution in [3.63, 3.8) is 0 Å². The maximum atomic E-state index is 13.0. The number of amides is 2. The van der Waals surface area contributed by atoms with Crippen LogP contribution in [0.5, 0.6) is 5.75 Å². The quantitative estimate of drug-likeness (QED) is 0.0688. The molecule has 2 N–H and O–H groups in total. The van der Waals surface area contributed by atoms with Crippen molar-refractivity contribution in [1.82, 2.24) is 10.7 Å². The van der Waals surface area contributed by atoms with Crippen LogP contribution in [0.25, 0.3) is 6.08 Å². The summed E-state index contributed by atoms with van der Waals surface area (Å²) in [5.41, 5.74) is 5.12. The molecular formula is C32H27N5O6. The van der Waals surface area contributed by atoms with Crippen molar-refractivity contribution in [3.8, 4) is 5.75 Å². The highest BCUT2D eigenvalue weighted by atomic mass is 16.6. The number of non-ortho nitro benzene ring substituents is 1. The van der Waals surface area contributed by atoms with Gasteiger partial charge in [0.1, 0.15) is 11.4 Å². The molecule has 0 radical (unpaired) electrons. The largest absolute Gasteiger partial charge is 0.423 e. The molecule has 0 atom stereocenters. The van der Waals surface area contributed by atoms with E-state index in [-0.39, 0.29) is 22.7 Å². The lowest BCUT2D eigenvalue weighted by Gasteiger charge is -2.12. The third-order valence-electron chi connectivity index (χ3n) is 6.03. The first-order valence-electron chi connectivity index (χ1n) is 13.0. The van der Waals surface area contributed by atoms with Crippen molar-refractivity contribution < 1.29 is 24.0 Å². The summed E-state index contributed by atoms with van der Waals surface area (Å²) in [6.07, 6.45) is 2.95. The summed E-state index contributed by atoms with van der Waals surface area (Å²) in [6.45, 7) is 0. The number of carbonyl (C=O) groups excluding carboxylic acids is 3. The van der Waals surface area contributed by atoms with Crippen molar-refractivity contribution in [3.05, 3.63) is 141 Å². The van der Waals surface area contributed by atoms with E-state index in [0.29, 0.717) is 16.7 Å². The smallest absolute Gasteiger partial charge is 0.343 e. The Morgan fingerprint density at radius 1 is 0.814 bits per heavy atom. The molecule has 0 fully saturated rings. The van der Waals surface area contributed by atoms with E-state index in [0.717, 1.165) is 5.69 Å². The SMILES string of the molecule is CN(C)c1ccc(/C=C(/NC(=O)c2ccccc2)C(=O)NN=Cc2ccc(OC(=O)c3ccc([N+](=O)[O-])cc3)cc2)cc1. The van der Waals surface area contributed by atoms with Crippen molar-refractivity contribution in [2.24, 2.45) is 5.10 Å². The normalized spacial score (nSPS) is 11.1. The number of nitrogens with one attached hydrogen (secondary N) is 2. The van der Waals surface area contributed by atoms with Crippen LogP contribution in [-0.2, 0) is 4.79 Å². The van der Waals surface area contributed by atoms with Gasteiger partial charge in [-0.1, -0.05) is 30.3 Å². The molecule has 0 aliphatic heterocycles. The molecule has 2 amide bonds. The molecule has 0 aromatic heterocycles. The molecule has 0 unspecified atom stereocenters. The van der Waals surface area contributed by atoms with Gasteiger partial charge in [-0.15, -0.1) is 0 Å². The second-order valence-electron chi connectivity index (χ2n) is 9.33. The third kappa shape index (κ3) is 8.44. The number of hydrogen-bond donors (Lipinski definition) is 2. The summed E-state index contributed by atoms with van der Waals surface area (Å²) >= 11 is 0. The molecule has 0 saturated carbocycles. The number of hydrazone groups is 1. The van der Waals surface area contributed by atoms with Gasteiger partial charge in [0.15, 0.2) is 0 Å². The number of ether oxygens (including phenoxy) is 1. The summed E-state index contributed by atoms with van der Waals surface area (Å²) in [6, 6.07) is 27.4. The summed E-state index contributed by atoms with van der Waals surface area (Å²) < 4.78 is 5.31. The van der Waals surface area contributed by atoms with E-state index in [1.807, 2.05) is 43.3 Å². The number of anilines is 1. The molecular weight excluding hydrogens is 550 g/mol. The fraction of sp³-hybridized carbons (Fsp3) is 0.0625. The van der Waals surface area contributed by atoms with Crippen LogP contribution < -0.4 is 20.4 Å². The molecule has 4 aromatic carbocycles. The number of carbonyl (C=O) groups is 3. The number of nitro groups is 1. The van der Waals surface area contributed by atoms with Gasteiger partial charge in [-0.05, 0) is 77.9 Å². The number of benzene rings is 4. The van der Waals surface area contributed by atoms with Crippen molar-refractivity contribution in [2.75, 3.05) is 19.0 Å². The summed E-state index contributed by atoms with van der Waals surface area (Å²) in [5.74, 6) is -1.50. The van der Waals surface area contributed by atoms with E-state index in [4.69, 9.17) is 4.74 Å². The number of nitro benzene ring substituents is 1. The van der Waals surface area contributed by atoms with Crippen LogP contribution in [0, 0.1) is 10.1 Å². The van der Waals surface area contributed by atoms with Gasteiger partial charge in [-0.25, -0.2) is 10.2 Å². The molecule has 0 aliphatic rings. The fourth-order valence-corrected chi connectivity index (χ4v) is 3.71. The first-order chi connectivity index (χ1) is 20.7. The maximum Gasteiger partial charge on any atom is 0.343 e. The van der Waals surface area contributed by atoms with Crippen LogP contribution in [0.15, 0.2) is 114 Å². The van der Waals surface area contributed by atoms with Crippen molar-refractivity contribution in [1.29, 1.82) is 0 Å². The highest BCUT2D eigenvalue weighted by Gasteiger charge is 2.15. The Morgan fingerprint density at radius 2 is 1.44 bits per heavy atom. The van der Waals surface area contributed by atoms with Gasteiger partial charge < -0.3 is 15.0 Å². The summed E-state index contributed by atoms with van der Waals surface area (Å²) in [5, 5.41) is 17.4. The van der Waals surface area contributed by atoms with Gasteiger partial charge in [-0.3, -0.25) is 19.7 Å². The molecule has 0 saturated heterocycles. The highest BCUT2D eigenvalue weighted by molar-refractivity contribution is 6.05. The molecule has 216 valence electrons. The van der Waals surface area contributed by atoms with E-state index in [1.165, 1.54) is 42.6 Å². The van der Waals surface area contributed by atoms with E-state index in [9.17, 15) is 24.5 Å². The molecule has 43 heavy (non-hydrogen) atoms. The Labute approximate surface area is 247 Å². The predicted octanol–water partition coefficient (Wildman–Crippen LogP) is 4.80. The first-order valence-corrected chi connectivity index (χ1v) is 13.0. The number of hydrogen-bond acceptors (Lipinski definition) is 8. The third-order valence-corrected chi connectivity index (χ3v) is 6.03. The van der Waals surface area contributed by atoms with Gasteiger partial charge >= 0.3 is 5.97 Å². The molecule has 0 bridgehead atoms. The Kier molecular flexibility index (Phi) is 9.72. The first kappa shape index (κ1) is 29.9. The molecule has 4 aromatic rings. The summed E-state index contributed by atoms with van der Waals surface area (Å²) in [7, 11) is 3.84. The van der Waals surface area contributed by atoms with Gasteiger partial charge in [0.25, 0.3) is 17.5 Å². The van der Waals surface area contributed by atoms with Crippen LogP contribution in [-0.4, -0.2) is 43.0 Å². The van der Waals surface area contributed by atoms with Gasteiger partial charge in [0, 0.05) is 37.5 Å². The zero-order chi connectivity index (χ0) is 30.8. The van der Waals surface area contributed by atoms with Gasteiger partial charge in [-0.2, -0.15) is 5.10 Å². The van der Waals surface area contributed by atoms with Crippen LogP contribution in [0.3, 0.4) is 0 Å². The zero-order valence-corrected chi connectivity index (χ0v) is 23.3. The Bertz CT molecular complexity index is 1660. The number of nitrogens with zero attached hydrogens (tertiary/aromatic N) is 3. The second-order valence-corrected chi connectivity index (χ2v) is 9.33. The maximum absolute atomic E-state index is 13.0. The van der Waals surface area contributed by atoms with E-state index < -0.39 is 22.7 Å². The number of rotatable bonds is 10. The number of esters is 1. The molecule has 4 rings (SSSR count). The second kappa shape index (κ2) is 14.0. The molecule has 0 spiro atoms. The van der Waals surface area contributed by atoms with Crippen LogP contribution in [0.1, 0.15) is 31.8 Å². The Morgan fingerprint density at radius 3 is 2.05 bits per heavy atom. The fourth-order valence-electron chi connectivity index (χ4n) is 3.71. The summed E-state index contributed by atoms with van der Waals surface area (Å²) in [4.78, 5) is 50.3. The minimum absolute atomic E-state index is 0.00268. The van der Waals surface area contributed by atoms with E-state index >= 15 is 0 Å². The van der Waals surface area contributed by atoms with Crippen LogP contribution >= 0.6 is 0 Å². The lowest BCUT2D eigenvalue weighted by Crippen LogP contribution is -2.32. The highest BCUT2D eigenvalue weighted by Crippen LogP contribution is 2.17. The minimum Gasteiger partial charge on any atom is -0.423 e. The zero-order valence-electron chi connectivity index (χ0n) is 23.3. The monoisotopic (exact) mass is 577 g/mol. The van der Waals surface area contributed by atoms with Gasteiger partial charge in [0.2, 0.25) is 0 Å². The lowest BCUT2D eigenvalue weighted by atomic mass is 10.1. The predicted molar refractivity (Wildman–Crippen MR) is 163 cm³/mol. The molecule has 11 heteroatoms. The standard InChI is InChI=1S/C32H27N5O6/c1-36(2)26-14-8-22(9-15-26)20-29(34-30(38)24-6-4-3-5-7-24)31(39)35-33-21-23-10-18-28(19-11-23)43-32(40)25-12-16-27(17-13-25)37(41)42/h3-21H,1-2H3,(H,34,38)(H,35,39)/b29-20+,33-21?. The average Bonchev–Trinajstić information content (AvgIpc) is 3.02. The topological polar surface area (TPSA) is 143 Å².